The molecule has 120 valence electrons. The average molecular weight is 332 g/mol. The van der Waals surface area contributed by atoms with E-state index in [1.807, 2.05) is 13.0 Å². The van der Waals surface area contributed by atoms with E-state index < -0.39 is 10.0 Å². The van der Waals surface area contributed by atoms with Crippen molar-refractivity contribution in [2.24, 2.45) is 0 Å². The lowest BCUT2D eigenvalue weighted by Gasteiger charge is -2.18. The zero-order chi connectivity index (χ0) is 15.3. The number of aryl methyl sites for hydroxylation is 1. The third kappa shape index (κ3) is 4.26. The highest BCUT2D eigenvalue weighted by Crippen LogP contribution is 2.28. The van der Waals surface area contributed by atoms with Crippen LogP contribution in [-0.4, -0.2) is 45.6 Å². The van der Waals surface area contributed by atoms with Crippen LogP contribution in [0.3, 0.4) is 0 Å². The summed E-state index contributed by atoms with van der Waals surface area (Å²) in [5.74, 6) is 0. The van der Waals surface area contributed by atoms with Gasteiger partial charge in [-0.05, 0) is 32.4 Å². The molecule has 1 aromatic heterocycles. The Hall–Kier alpha value is -0.470. The molecule has 21 heavy (non-hydrogen) atoms. The maximum Gasteiger partial charge on any atom is 0.244 e. The largest absolute Gasteiger partial charge is 0.380 e. The summed E-state index contributed by atoms with van der Waals surface area (Å²) in [5.41, 5.74) is 0. The molecule has 1 saturated heterocycles. The third-order valence-electron chi connectivity index (χ3n) is 3.45. The van der Waals surface area contributed by atoms with Crippen molar-refractivity contribution in [2.75, 3.05) is 32.8 Å². The first-order valence-corrected chi connectivity index (χ1v) is 9.69. The predicted molar refractivity (Wildman–Crippen MR) is 85.2 cm³/mol. The van der Waals surface area contributed by atoms with Crippen LogP contribution in [0.4, 0.5) is 0 Å². The summed E-state index contributed by atoms with van der Waals surface area (Å²) in [7, 11) is -3.39. The molecular weight excluding hydrogens is 308 g/mol. The van der Waals surface area contributed by atoms with Gasteiger partial charge in [-0.25, -0.2) is 8.42 Å². The number of hydrogen-bond acceptors (Lipinski definition) is 5. The lowest BCUT2D eigenvalue weighted by atomic mass is 10.4. The van der Waals surface area contributed by atoms with E-state index in [0.29, 0.717) is 31.2 Å². The van der Waals surface area contributed by atoms with Crippen molar-refractivity contribution in [2.45, 2.75) is 38.1 Å². The highest BCUT2D eigenvalue weighted by Gasteiger charge is 2.28. The molecule has 1 aliphatic rings. The van der Waals surface area contributed by atoms with Crippen molar-refractivity contribution in [3.63, 3.8) is 0 Å². The van der Waals surface area contributed by atoms with Crippen LogP contribution >= 0.6 is 11.3 Å². The van der Waals surface area contributed by atoms with E-state index in [1.165, 1.54) is 0 Å². The molecule has 0 spiro atoms. The topological polar surface area (TPSA) is 58.6 Å². The maximum absolute atomic E-state index is 12.8. The zero-order valence-electron chi connectivity index (χ0n) is 12.7. The predicted octanol–water partition coefficient (Wildman–Crippen LogP) is 1.97. The van der Waals surface area contributed by atoms with Crippen LogP contribution in [0.1, 0.15) is 29.5 Å². The summed E-state index contributed by atoms with van der Waals surface area (Å²) in [6.07, 6.45) is 1.83. The number of hydrogen-bond donors (Lipinski definition) is 1. The number of thiophene rings is 1. The molecule has 0 saturated carbocycles. The first-order chi connectivity index (χ1) is 10.1. The van der Waals surface area contributed by atoms with E-state index in [-0.39, 0.29) is 0 Å². The highest BCUT2D eigenvalue weighted by atomic mass is 32.2. The van der Waals surface area contributed by atoms with Gasteiger partial charge in [-0.2, -0.15) is 4.31 Å². The zero-order valence-corrected chi connectivity index (χ0v) is 14.4. The van der Waals surface area contributed by atoms with Crippen molar-refractivity contribution in [1.29, 1.82) is 0 Å². The third-order valence-corrected chi connectivity index (χ3v) is 6.65. The average Bonchev–Trinajstić information content (AvgIpc) is 2.67. The van der Waals surface area contributed by atoms with Gasteiger partial charge in [0.05, 0.1) is 11.5 Å². The summed E-state index contributed by atoms with van der Waals surface area (Å²) in [6, 6.07) is 1.82. The van der Waals surface area contributed by atoms with Gasteiger partial charge in [-0.1, -0.05) is 6.92 Å². The number of rotatable bonds is 6. The molecule has 0 radical (unpaired) electrons. The number of nitrogens with zero attached hydrogens (tertiary/aromatic N) is 1. The molecule has 1 aliphatic heterocycles. The number of nitrogens with one attached hydrogen (secondary N) is 1. The molecule has 2 heterocycles. The van der Waals surface area contributed by atoms with Crippen LogP contribution in [0.5, 0.6) is 0 Å². The molecule has 5 nitrogen and oxygen atoms in total. The fraction of sp³-hybridized carbons (Fsp3) is 0.714. The fourth-order valence-electron chi connectivity index (χ4n) is 2.36. The molecule has 0 amide bonds. The van der Waals surface area contributed by atoms with Gasteiger partial charge < -0.3 is 10.1 Å². The van der Waals surface area contributed by atoms with E-state index in [4.69, 9.17) is 4.74 Å². The van der Waals surface area contributed by atoms with Gasteiger partial charge in [-0.15, -0.1) is 11.3 Å². The Morgan fingerprint density at radius 3 is 2.95 bits per heavy atom. The van der Waals surface area contributed by atoms with Crippen molar-refractivity contribution in [1.82, 2.24) is 9.62 Å². The first-order valence-electron chi connectivity index (χ1n) is 7.43. The van der Waals surface area contributed by atoms with Crippen molar-refractivity contribution < 1.29 is 13.2 Å². The van der Waals surface area contributed by atoms with Crippen molar-refractivity contribution in [3.8, 4) is 0 Å². The lowest BCUT2D eigenvalue weighted by Crippen LogP contribution is -2.33. The van der Waals surface area contributed by atoms with Crippen LogP contribution in [0, 0.1) is 6.92 Å². The van der Waals surface area contributed by atoms with Crippen LogP contribution in [-0.2, 0) is 21.3 Å². The minimum atomic E-state index is -3.39. The Morgan fingerprint density at radius 2 is 2.19 bits per heavy atom. The normalized spacial score (nSPS) is 17.8. The molecule has 0 unspecified atom stereocenters. The quantitative estimate of drug-likeness (QED) is 0.809. The molecule has 0 bridgehead atoms. The molecule has 1 aromatic rings. The standard InChI is InChI=1S/C14H24N2O3S2/c1-3-5-15-11-13-10-14(12(2)20-13)21(17,18)16-6-4-8-19-9-7-16/h10,15H,3-9,11H2,1-2H3. The molecule has 2 rings (SSSR count). The van der Waals surface area contributed by atoms with Crippen LogP contribution < -0.4 is 5.32 Å². The lowest BCUT2D eigenvalue weighted by molar-refractivity contribution is 0.148. The Kier molecular flexibility index (Phi) is 6.19. The molecule has 1 N–H and O–H groups in total. The van der Waals surface area contributed by atoms with Crippen LogP contribution in [0.15, 0.2) is 11.0 Å². The Balaban J connectivity index is 2.15. The number of sulfonamides is 1. The van der Waals surface area contributed by atoms with E-state index >= 15 is 0 Å². The van der Waals surface area contributed by atoms with Gasteiger partial charge in [0.25, 0.3) is 0 Å². The second-order valence-electron chi connectivity index (χ2n) is 5.18. The highest BCUT2D eigenvalue weighted by molar-refractivity contribution is 7.89. The van der Waals surface area contributed by atoms with Gasteiger partial charge in [0.15, 0.2) is 0 Å². The maximum atomic E-state index is 12.8. The summed E-state index contributed by atoms with van der Waals surface area (Å²) in [5, 5.41) is 3.31. The fourth-order valence-corrected chi connectivity index (χ4v) is 5.39. The minimum absolute atomic E-state index is 0.445. The van der Waals surface area contributed by atoms with Crippen molar-refractivity contribution >= 4 is 21.4 Å². The summed E-state index contributed by atoms with van der Waals surface area (Å²) in [4.78, 5) is 2.40. The summed E-state index contributed by atoms with van der Waals surface area (Å²) in [6.45, 7) is 7.79. The Labute approximate surface area is 131 Å². The van der Waals surface area contributed by atoms with E-state index in [9.17, 15) is 8.42 Å². The van der Waals surface area contributed by atoms with Gasteiger partial charge in [0.1, 0.15) is 0 Å². The second-order valence-corrected chi connectivity index (χ2v) is 8.43. The smallest absolute Gasteiger partial charge is 0.244 e. The van der Waals surface area contributed by atoms with Crippen LogP contribution in [0.2, 0.25) is 0 Å². The van der Waals surface area contributed by atoms with Crippen LogP contribution in [0.25, 0.3) is 0 Å². The second kappa shape index (κ2) is 7.69. The SMILES string of the molecule is CCCNCc1cc(S(=O)(=O)N2CCCOCC2)c(C)s1. The molecule has 0 atom stereocenters. The minimum Gasteiger partial charge on any atom is -0.380 e. The van der Waals surface area contributed by atoms with E-state index in [1.54, 1.807) is 15.6 Å². The molecule has 0 aromatic carbocycles. The Morgan fingerprint density at radius 1 is 1.38 bits per heavy atom. The first kappa shape index (κ1) is 16.9. The number of ether oxygens (including phenoxy) is 1. The van der Waals surface area contributed by atoms with Gasteiger partial charge in [-0.3, -0.25) is 0 Å². The van der Waals surface area contributed by atoms with Gasteiger partial charge in [0, 0.05) is 36.0 Å². The Bertz CT molecular complexity index is 547. The monoisotopic (exact) mass is 332 g/mol. The summed E-state index contributed by atoms with van der Waals surface area (Å²) >= 11 is 1.56. The van der Waals surface area contributed by atoms with E-state index in [2.05, 4.69) is 12.2 Å². The molecular formula is C14H24N2O3S2. The van der Waals surface area contributed by atoms with Gasteiger partial charge >= 0.3 is 0 Å². The van der Waals surface area contributed by atoms with Crippen molar-refractivity contribution in [3.05, 3.63) is 15.8 Å². The van der Waals surface area contributed by atoms with E-state index in [0.717, 1.165) is 35.7 Å². The summed E-state index contributed by atoms with van der Waals surface area (Å²) < 4.78 is 32.4. The van der Waals surface area contributed by atoms with Gasteiger partial charge in [0.2, 0.25) is 10.0 Å². The molecule has 1 fully saturated rings. The molecule has 0 aliphatic carbocycles. The molecule has 7 heteroatoms.